The van der Waals surface area contributed by atoms with Gasteiger partial charge in [-0.1, -0.05) is 45.1 Å². The molecule has 0 N–H and O–H groups in total. The number of methoxy groups -OCH3 is 1. The molecule has 3 aliphatic rings. The van der Waals surface area contributed by atoms with Crippen LogP contribution in [-0.4, -0.2) is 51.1 Å². The average molecular weight is 439 g/mol. The van der Waals surface area contributed by atoms with Crippen molar-refractivity contribution in [3.63, 3.8) is 0 Å². The van der Waals surface area contributed by atoms with E-state index in [2.05, 4.69) is 19.1 Å². The van der Waals surface area contributed by atoms with Gasteiger partial charge in [0.05, 0.1) is 33.5 Å². The standard InChI is InChI=1S/C25H42O6/c1-3-4-9-14-24(28-17-18-29-24)15-12-21-13-16-25(30-19-20-31-25)22(21)10-7-5-6-8-11-23(26)27-2/h12,15,21-22H,3-11,13-14,16-20H2,1-2H3/t21-,22+/m0/s1. The van der Waals surface area contributed by atoms with E-state index in [-0.39, 0.29) is 5.97 Å². The van der Waals surface area contributed by atoms with E-state index in [1.165, 1.54) is 20.0 Å². The Balaban J connectivity index is 1.55. The molecule has 0 aromatic carbocycles. The van der Waals surface area contributed by atoms with Crippen molar-refractivity contribution in [1.82, 2.24) is 0 Å². The van der Waals surface area contributed by atoms with Crippen LogP contribution < -0.4 is 0 Å². The Labute approximate surface area is 188 Å². The highest BCUT2D eigenvalue weighted by atomic mass is 16.7. The van der Waals surface area contributed by atoms with Crippen molar-refractivity contribution in [3.8, 4) is 0 Å². The van der Waals surface area contributed by atoms with E-state index >= 15 is 0 Å². The van der Waals surface area contributed by atoms with Gasteiger partial charge in [-0.3, -0.25) is 4.79 Å². The molecule has 0 bridgehead atoms. The number of rotatable bonds is 13. The second kappa shape index (κ2) is 12.3. The zero-order valence-corrected chi connectivity index (χ0v) is 19.6. The lowest BCUT2D eigenvalue weighted by molar-refractivity contribution is -0.186. The van der Waals surface area contributed by atoms with E-state index in [0.29, 0.717) is 44.7 Å². The predicted octanol–water partition coefficient (Wildman–Crippen LogP) is 5.15. The first kappa shape index (κ1) is 24.7. The van der Waals surface area contributed by atoms with Gasteiger partial charge in [0.15, 0.2) is 11.6 Å². The Morgan fingerprint density at radius 2 is 1.68 bits per heavy atom. The second-order valence-electron chi connectivity index (χ2n) is 9.17. The van der Waals surface area contributed by atoms with Gasteiger partial charge >= 0.3 is 5.97 Å². The number of hydrogen-bond donors (Lipinski definition) is 0. The monoisotopic (exact) mass is 438 g/mol. The van der Waals surface area contributed by atoms with Crippen LogP contribution in [0.3, 0.4) is 0 Å². The fourth-order valence-electron chi connectivity index (χ4n) is 5.35. The van der Waals surface area contributed by atoms with Crippen LogP contribution in [0.15, 0.2) is 12.2 Å². The van der Waals surface area contributed by atoms with Gasteiger partial charge in [0, 0.05) is 25.2 Å². The smallest absolute Gasteiger partial charge is 0.305 e. The maximum Gasteiger partial charge on any atom is 0.305 e. The summed E-state index contributed by atoms with van der Waals surface area (Å²) in [6.45, 7) is 4.95. The summed E-state index contributed by atoms with van der Waals surface area (Å²) in [7, 11) is 1.45. The Kier molecular flexibility index (Phi) is 9.82. The van der Waals surface area contributed by atoms with Gasteiger partial charge in [-0.25, -0.2) is 0 Å². The highest BCUT2D eigenvalue weighted by molar-refractivity contribution is 5.68. The lowest BCUT2D eigenvalue weighted by atomic mass is 9.86. The number of hydrogen-bond acceptors (Lipinski definition) is 6. The molecule has 0 unspecified atom stereocenters. The van der Waals surface area contributed by atoms with E-state index in [1.807, 2.05) is 0 Å². The number of esters is 1. The number of unbranched alkanes of at least 4 members (excludes halogenated alkanes) is 5. The summed E-state index contributed by atoms with van der Waals surface area (Å²) < 4.78 is 29.1. The van der Waals surface area contributed by atoms with Gasteiger partial charge in [0.1, 0.15) is 0 Å². The molecule has 2 aliphatic heterocycles. The molecule has 0 amide bonds. The van der Waals surface area contributed by atoms with Crippen LogP contribution in [0.25, 0.3) is 0 Å². The maximum absolute atomic E-state index is 11.3. The van der Waals surface area contributed by atoms with E-state index in [0.717, 1.165) is 57.8 Å². The zero-order chi connectivity index (χ0) is 22.0. The summed E-state index contributed by atoms with van der Waals surface area (Å²) >= 11 is 0. The molecule has 2 atom stereocenters. The topological polar surface area (TPSA) is 63.2 Å². The van der Waals surface area contributed by atoms with E-state index in [9.17, 15) is 4.79 Å². The van der Waals surface area contributed by atoms with E-state index < -0.39 is 11.6 Å². The van der Waals surface area contributed by atoms with Crippen molar-refractivity contribution in [2.75, 3.05) is 33.5 Å². The molecular weight excluding hydrogens is 396 g/mol. The van der Waals surface area contributed by atoms with Crippen LogP contribution in [0.5, 0.6) is 0 Å². The van der Waals surface area contributed by atoms with Crippen molar-refractivity contribution in [2.45, 2.75) is 95.5 Å². The van der Waals surface area contributed by atoms with Crippen LogP contribution >= 0.6 is 0 Å². The van der Waals surface area contributed by atoms with Crippen molar-refractivity contribution in [3.05, 3.63) is 12.2 Å². The molecule has 3 rings (SSSR count). The third-order valence-electron chi connectivity index (χ3n) is 7.06. The van der Waals surface area contributed by atoms with Gasteiger partial charge in [-0.15, -0.1) is 0 Å². The third-order valence-corrected chi connectivity index (χ3v) is 7.06. The number of allylic oxidation sites excluding steroid dienone is 1. The first-order valence-electron chi connectivity index (χ1n) is 12.4. The largest absolute Gasteiger partial charge is 0.469 e. The Morgan fingerprint density at radius 3 is 2.39 bits per heavy atom. The Morgan fingerprint density at radius 1 is 0.968 bits per heavy atom. The number of ether oxygens (including phenoxy) is 5. The van der Waals surface area contributed by atoms with E-state index in [1.54, 1.807) is 0 Å². The number of carbonyl (C=O) groups excluding carboxylic acids is 1. The lowest BCUT2D eigenvalue weighted by Gasteiger charge is -2.32. The van der Waals surface area contributed by atoms with Crippen LogP contribution in [0.1, 0.15) is 84.0 Å². The van der Waals surface area contributed by atoms with Gasteiger partial charge in [-0.05, 0) is 37.7 Å². The van der Waals surface area contributed by atoms with Gasteiger partial charge in [-0.2, -0.15) is 0 Å². The maximum atomic E-state index is 11.3. The van der Waals surface area contributed by atoms with Crippen LogP contribution in [-0.2, 0) is 28.5 Å². The van der Waals surface area contributed by atoms with Gasteiger partial charge in [0.25, 0.3) is 0 Å². The quantitative estimate of drug-likeness (QED) is 0.225. The fraction of sp³-hybridized carbons (Fsp3) is 0.880. The molecule has 6 nitrogen and oxygen atoms in total. The first-order chi connectivity index (χ1) is 15.1. The van der Waals surface area contributed by atoms with Crippen LogP contribution in [0.2, 0.25) is 0 Å². The molecular formula is C25H42O6. The SMILES string of the molecule is CCCCCC1(C=C[C@H]2CCC3(OCCO3)[C@@H]2CCCCCCC(=O)OC)OCCO1. The van der Waals surface area contributed by atoms with Gasteiger partial charge in [0.2, 0.25) is 0 Å². The highest BCUT2D eigenvalue weighted by Gasteiger charge is 2.51. The molecule has 3 fully saturated rings. The zero-order valence-electron chi connectivity index (χ0n) is 19.6. The third kappa shape index (κ3) is 6.77. The molecule has 178 valence electrons. The Hall–Kier alpha value is -0.950. The minimum absolute atomic E-state index is 0.114. The summed E-state index contributed by atoms with van der Waals surface area (Å²) in [5.41, 5.74) is 0. The highest BCUT2D eigenvalue weighted by Crippen LogP contribution is 2.49. The second-order valence-corrected chi connectivity index (χ2v) is 9.17. The summed E-state index contributed by atoms with van der Waals surface area (Å²) in [6.07, 6.45) is 16.8. The predicted molar refractivity (Wildman–Crippen MR) is 118 cm³/mol. The van der Waals surface area contributed by atoms with Gasteiger partial charge < -0.3 is 23.7 Å². The first-order valence-corrected chi connectivity index (χ1v) is 12.4. The van der Waals surface area contributed by atoms with Crippen molar-refractivity contribution in [2.24, 2.45) is 11.8 Å². The molecule has 31 heavy (non-hydrogen) atoms. The van der Waals surface area contributed by atoms with E-state index in [4.69, 9.17) is 23.7 Å². The minimum atomic E-state index is -0.541. The summed E-state index contributed by atoms with van der Waals surface area (Å²) in [4.78, 5) is 11.3. The Bertz CT molecular complexity index is 562. The molecule has 0 radical (unpaired) electrons. The summed E-state index contributed by atoms with van der Waals surface area (Å²) in [5.74, 6) is -0.281. The minimum Gasteiger partial charge on any atom is -0.469 e. The van der Waals surface area contributed by atoms with Crippen molar-refractivity contribution < 1.29 is 28.5 Å². The van der Waals surface area contributed by atoms with Crippen LogP contribution in [0.4, 0.5) is 0 Å². The molecule has 1 saturated carbocycles. The molecule has 2 heterocycles. The van der Waals surface area contributed by atoms with Crippen molar-refractivity contribution >= 4 is 5.97 Å². The molecule has 1 spiro atoms. The number of carbonyl (C=O) groups is 1. The average Bonchev–Trinajstić information content (AvgIpc) is 3.52. The molecule has 2 saturated heterocycles. The summed E-state index contributed by atoms with van der Waals surface area (Å²) in [6, 6.07) is 0. The molecule has 0 aromatic heterocycles. The summed E-state index contributed by atoms with van der Waals surface area (Å²) in [5, 5.41) is 0. The van der Waals surface area contributed by atoms with Crippen molar-refractivity contribution in [1.29, 1.82) is 0 Å². The molecule has 6 heteroatoms. The van der Waals surface area contributed by atoms with Crippen LogP contribution in [0, 0.1) is 11.8 Å². The lowest BCUT2D eigenvalue weighted by Crippen LogP contribution is -2.36. The normalized spacial score (nSPS) is 26.9. The fourth-order valence-corrected chi connectivity index (χ4v) is 5.35. The molecule has 1 aliphatic carbocycles. The molecule has 0 aromatic rings.